The fourth-order valence-corrected chi connectivity index (χ4v) is 2.57. The second-order valence-corrected chi connectivity index (χ2v) is 5.17. The van der Waals surface area contributed by atoms with Crippen molar-refractivity contribution in [1.29, 1.82) is 0 Å². The molecule has 3 aromatic rings. The average molecular weight is 280 g/mol. The number of hydrogen-bond donors (Lipinski definition) is 1. The Morgan fingerprint density at radius 3 is 2.81 bits per heavy atom. The van der Waals surface area contributed by atoms with E-state index in [4.69, 9.17) is 5.10 Å². The van der Waals surface area contributed by atoms with Gasteiger partial charge >= 0.3 is 0 Å². The molecular formula is C17H20N4. The Kier molecular flexibility index (Phi) is 3.97. The van der Waals surface area contributed by atoms with Crippen LogP contribution in [0.3, 0.4) is 0 Å². The van der Waals surface area contributed by atoms with Crippen LogP contribution in [0.25, 0.3) is 10.9 Å². The van der Waals surface area contributed by atoms with Gasteiger partial charge in [-0.3, -0.25) is 9.67 Å². The van der Waals surface area contributed by atoms with Crippen LogP contribution in [0.4, 0.5) is 0 Å². The molecule has 1 aromatic carbocycles. The van der Waals surface area contributed by atoms with Crippen LogP contribution in [0, 0.1) is 0 Å². The van der Waals surface area contributed by atoms with Gasteiger partial charge in [-0.2, -0.15) is 5.10 Å². The molecule has 0 aliphatic heterocycles. The molecule has 0 bridgehead atoms. The molecule has 2 heterocycles. The lowest BCUT2D eigenvalue weighted by molar-refractivity contribution is 0.557. The lowest BCUT2D eigenvalue weighted by atomic mass is 10.1. The monoisotopic (exact) mass is 280 g/mol. The highest BCUT2D eigenvalue weighted by molar-refractivity contribution is 5.81. The standard InChI is InChI=1S/C17H20N4/c1-3-21-17-9-5-4-8-15(17)16(20-21)12-19-13(2)14-7-6-10-18-11-14/h4-11,13,19H,3,12H2,1-2H3/t13-/m1/s1. The molecule has 0 saturated heterocycles. The van der Waals surface area contributed by atoms with Crippen molar-refractivity contribution in [2.45, 2.75) is 33.0 Å². The van der Waals surface area contributed by atoms with Crippen LogP contribution in [-0.2, 0) is 13.1 Å². The van der Waals surface area contributed by atoms with Crippen molar-refractivity contribution in [3.63, 3.8) is 0 Å². The van der Waals surface area contributed by atoms with Gasteiger partial charge < -0.3 is 5.32 Å². The molecule has 21 heavy (non-hydrogen) atoms. The van der Waals surface area contributed by atoms with Crippen molar-refractivity contribution in [1.82, 2.24) is 20.1 Å². The summed E-state index contributed by atoms with van der Waals surface area (Å²) >= 11 is 0. The van der Waals surface area contributed by atoms with Crippen LogP contribution < -0.4 is 5.32 Å². The molecule has 0 unspecified atom stereocenters. The second-order valence-electron chi connectivity index (χ2n) is 5.17. The Bertz CT molecular complexity index is 718. The lowest BCUT2D eigenvalue weighted by Gasteiger charge is -2.12. The molecule has 0 amide bonds. The second kappa shape index (κ2) is 6.06. The molecule has 3 rings (SSSR count). The fraction of sp³-hybridized carbons (Fsp3) is 0.294. The molecule has 108 valence electrons. The van der Waals surface area contributed by atoms with Gasteiger partial charge in [0.05, 0.1) is 11.2 Å². The molecule has 0 fully saturated rings. The molecule has 0 aliphatic carbocycles. The van der Waals surface area contributed by atoms with E-state index in [1.54, 1.807) is 6.20 Å². The molecule has 0 radical (unpaired) electrons. The van der Waals surface area contributed by atoms with Gasteiger partial charge in [0.2, 0.25) is 0 Å². The molecular weight excluding hydrogens is 260 g/mol. The van der Waals surface area contributed by atoms with Gasteiger partial charge in [-0.05, 0) is 31.5 Å². The highest BCUT2D eigenvalue weighted by Crippen LogP contribution is 2.19. The highest BCUT2D eigenvalue weighted by atomic mass is 15.3. The van der Waals surface area contributed by atoms with Gasteiger partial charge in [0.15, 0.2) is 0 Å². The first kappa shape index (κ1) is 13.8. The number of nitrogens with one attached hydrogen (secondary N) is 1. The summed E-state index contributed by atoms with van der Waals surface area (Å²) < 4.78 is 2.06. The fourth-order valence-electron chi connectivity index (χ4n) is 2.57. The third-order valence-corrected chi connectivity index (χ3v) is 3.79. The number of benzene rings is 1. The van der Waals surface area contributed by atoms with Gasteiger partial charge in [0, 0.05) is 36.9 Å². The van der Waals surface area contributed by atoms with E-state index in [1.807, 2.05) is 12.3 Å². The molecule has 1 N–H and O–H groups in total. The van der Waals surface area contributed by atoms with Crippen molar-refractivity contribution >= 4 is 10.9 Å². The van der Waals surface area contributed by atoms with Crippen molar-refractivity contribution in [3.8, 4) is 0 Å². The van der Waals surface area contributed by atoms with E-state index < -0.39 is 0 Å². The van der Waals surface area contributed by atoms with Crippen LogP contribution in [0.15, 0.2) is 48.8 Å². The average Bonchev–Trinajstić information content (AvgIpc) is 2.91. The third-order valence-electron chi connectivity index (χ3n) is 3.79. The number of para-hydroxylation sites is 1. The molecule has 0 aliphatic rings. The van der Waals surface area contributed by atoms with Crippen LogP contribution in [-0.4, -0.2) is 14.8 Å². The topological polar surface area (TPSA) is 42.7 Å². The van der Waals surface area contributed by atoms with Gasteiger partial charge in [0.25, 0.3) is 0 Å². The summed E-state index contributed by atoms with van der Waals surface area (Å²) in [6, 6.07) is 12.7. The zero-order valence-electron chi connectivity index (χ0n) is 12.5. The number of fused-ring (bicyclic) bond motifs is 1. The summed E-state index contributed by atoms with van der Waals surface area (Å²) in [6.45, 7) is 5.91. The highest BCUT2D eigenvalue weighted by Gasteiger charge is 2.11. The largest absolute Gasteiger partial charge is 0.304 e. The minimum absolute atomic E-state index is 0.254. The van der Waals surface area contributed by atoms with Gasteiger partial charge in [0.1, 0.15) is 0 Å². The first-order valence-corrected chi connectivity index (χ1v) is 7.37. The van der Waals surface area contributed by atoms with E-state index in [1.165, 1.54) is 16.5 Å². The van der Waals surface area contributed by atoms with Crippen molar-refractivity contribution in [2.24, 2.45) is 0 Å². The maximum absolute atomic E-state index is 4.71. The van der Waals surface area contributed by atoms with Crippen LogP contribution in [0.2, 0.25) is 0 Å². The minimum Gasteiger partial charge on any atom is -0.304 e. The van der Waals surface area contributed by atoms with Crippen LogP contribution in [0.1, 0.15) is 31.1 Å². The van der Waals surface area contributed by atoms with E-state index >= 15 is 0 Å². The summed E-state index contributed by atoms with van der Waals surface area (Å²) in [5, 5.41) is 9.47. The Morgan fingerprint density at radius 1 is 1.19 bits per heavy atom. The van der Waals surface area contributed by atoms with E-state index in [2.05, 4.69) is 59.2 Å². The predicted octanol–water partition coefficient (Wildman–Crippen LogP) is 3.30. The Hall–Kier alpha value is -2.20. The maximum atomic E-state index is 4.71. The van der Waals surface area contributed by atoms with Gasteiger partial charge in [-0.15, -0.1) is 0 Å². The van der Waals surface area contributed by atoms with E-state index in [0.717, 1.165) is 18.8 Å². The number of aromatic nitrogens is 3. The van der Waals surface area contributed by atoms with Crippen LogP contribution >= 0.6 is 0 Å². The number of rotatable bonds is 5. The molecule has 4 heteroatoms. The SMILES string of the molecule is CCn1nc(CN[C@H](C)c2cccnc2)c2ccccc21. The van der Waals surface area contributed by atoms with Gasteiger partial charge in [-0.25, -0.2) is 0 Å². The smallest absolute Gasteiger partial charge is 0.0841 e. The Morgan fingerprint density at radius 2 is 2.05 bits per heavy atom. The summed E-state index contributed by atoms with van der Waals surface area (Å²) in [4.78, 5) is 4.17. The van der Waals surface area contributed by atoms with E-state index in [0.29, 0.717) is 0 Å². The predicted molar refractivity (Wildman–Crippen MR) is 84.9 cm³/mol. The summed E-state index contributed by atoms with van der Waals surface area (Å²) in [5.74, 6) is 0. The molecule has 1 atom stereocenters. The quantitative estimate of drug-likeness (QED) is 0.779. The zero-order chi connectivity index (χ0) is 14.7. The molecule has 2 aromatic heterocycles. The van der Waals surface area contributed by atoms with Crippen molar-refractivity contribution in [2.75, 3.05) is 0 Å². The molecule has 4 nitrogen and oxygen atoms in total. The van der Waals surface area contributed by atoms with Crippen molar-refractivity contribution in [3.05, 3.63) is 60.0 Å². The normalized spacial score (nSPS) is 12.7. The van der Waals surface area contributed by atoms with Gasteiger partial charge in [-0.1, -0.05) is 24.3 Å². The first-order chi connectivity index (χ1) is 10.3. The maximum Gasteiger partial charge on any atom is 0.0841 e. The number of hydrogen-bond acceptors (Lipinski definition) is 3. The zero-order valence-corrected chi connectivity index (χ0v) is 12.5. The minimum atomic E-state index is 0.254. The molecule has 0 saturated carbocycles. The Balaban J connectivity index is 1.79. The third kappa shape index (κ3) is 2.81. The summed E-state index contributed by atoms with van der Waals surface area (Å²) in [5.41, 5.74) is 3.49. The number of nitrogens with zero attached hydrogens (tertiary/aromatic N) is 3. The van der Waals surface area contributed by atoms with Crippen molar-refractivity contribution < 1.29 is 0 Å². The Labute approximate surface area is 124 Å². The number of aryl methyl sites for hydroxylation is 1. The summed E-state index contributed by atoms with van der Waals surface area (Å²) in [6.07, 6.45) is 3.70. The number of pyridine rings is 1. The van der Waals surface area contributed by atoms with E-state index in [-0.39, 0.29) is 6.04 Å². The lowest BCUT2D eigenvalue weighted by Crippen LogP contribution is -2.18. The first-order valence-electron chi connectivity index (χ1n) is 7.37. The van der Waals surface area contributed by atoms with E-state index in [9.17, 15) is 0 Å². The molecule has 0 spiro atoms. The van der Waals surface area contributed by atoms with Crippen LogP contribution in [0.5, 0.6) is 0 Å². The summed E-state index contributed by atoms with van der Waals surface area (Å²) in [7, 11) is 0.